The molecule has 1 aromatic rings. The molecule has 1 aromatic heterocycles. The third-order valence-electron chi connectivity index (χ3n) is 3.04. The van der Waals surface area contributed by atoms with E-state index in [1.165, 1.54) is 12.8 Å². The zero-order chi connectivity index (χ0) is 9.97. The van der Waals surface area contributed by atoms with Crippen molar-refractivity contribution in [3.8, 4) is 0 Å². The zero-order valence-electron chi connectivity index (χ0n) is 8.49. The summed E-state index contributed by atoms with van der Waals surface area (Å²) in [6.45, 7) is 2.22. The number of H-pyrrole nitrogens is 1. The van der Waals surface area contributed by atoms with Crippen molar-refractivity contribution in [2.75, 3.05) is 0 Å². The van der Waals surface area contributed by atoms with Crippen LogP contribution in [0.15, 0.2) is 12.4 Å². The Hall–Kier alpha value is -1.12. The molecule has 14 heavy (non-hydrogen) atoms. The van der Waals surface area contributed by atoms with Crippen LogP contribution in [0.25, 0.3) is 0 Å². The molecular formula is C11H16N2O. The maximum Gasteiger partial charge on any atom is 0.201 e. The minimum Gasteiger partial charge on any atom is -0.342 e. The molecule has 0 radical (unpaired) electrons. The summed E-state index contributed by atoms with van der Waals surface area (Å²) in [6, 6.07) is 0. The molecule has 1 fully saturated rings. The minimum absolute atomic E-state index is 0.196. The van der Waals surface area contributed by atoms with Gasteiger partial charge in [0.15, 0.2) is 5.82 Å². The number of imidazole rings is 1. The lowest BCUT2D eigenvalue weighted by molar-refractivity contribution is 0.0858. The Bertz CT molecular complexity index is 305. The second kappa shape index (κ2) is 3.95. The molecule has 3 heteroatoms. The Kier molecular flexibility index (Phi) is 2.66. The Morgan fingerprint density at radius 2 is 2.43 bits per heavy atom. The highest BCUT2D eigenvalue weighted by Gasteiger charge is 2.26. The zero-order valence-corrected chi connectivity index (χ0v) is 8.49. The Balaban J connectivity index is 2.04. The summed E-state index contributed by atoms with van der Waals surface area (Å²) in [7, 11) is 0. The van der Waals surface area contributed by atoms with Crippen LogP contribution in [-0.4, -0.2) is 15.8 Å². The summed E-state index contributed by atoms with van der Waals surface area (Å²) in [6.07, 6.45) is 7.85. The van der Waals surface area contributed by atoms with Crippen LogP contribution in [0.5, 0.6) is 0 Å². The highest BCUT2D eigenvalue weighted by Crippen LogP contribution is 2.30. The predicted molar refractivity (Wildman–Crippen MR) is 54.0 cm³/mol. The van der Waals surface area contributed by atoms with Gasteiger partial charge >= 0.3 is 0 Å². The van der Waals surface area contributed by atoms with Crippen molar-refractivity contribution < 1.29 is 4.79 Å². The molecule has 2 unspecified atom stereocenters. The van der Waals surface area contributed by atoms with Gasteiger partial charge in [-0.05, 0) is 18.8 Å². The lowest BCUT2D eigenvalue weighted by Crippen LogP contribution is -2.22. The van der Waals surface area contributed by atoms with Gasteiger partial charge in [0.25, 0.3) is 0 Å². The number of carbonyl (C=O) groups excluding carboxylic acids is 1. The molecule has 3 nitrogen and oxygen atoms in total. The van der Waals surface area contributed by atoms with E-state index < -0.39 is 0 Å². The first-order valence-electron chi connectivity index (χ1n) is 5.31. The fourth-order valence-corrected chi connectivity index (χ4v) is 2.27. The van der Waals surface area contributed by atoms with Gasteiger partial charge in [0.2, 0.25) is 5.78 Å². The van der Waals surface area contributed by atoms with Crippen LogP contribution in [-0.2, 0) is 0 Å². The third kappa shape index (κ3) is 1.86. The van der Waals surface area contributed by atoms with Crippen molar-refractivity contribution >= 4 is 5.78 Å². The predicted octanol–water partition coefficient (Wildman–Crippen LogP) is 2.42. The number of ketones is 1. The first kappa shape index (κ1) is 9.44. The highest BCUT2D eigenvalue weighted by molar-refractivity contribution is 5.94. The molecule has 0 aromatic carbocycles. The average molecular weight is 192 g/mol. The van der Waals surface area contributed by atoms with Crippen LogP contribution in [0.4, 0.5) is 0 Å². The molecule has 2 rings (SSSR count). The van der Waals surface area contributed by atoms with Gasteiger partial charge in [-0.1, -0.05) is 19.8 Å². The number of carbonyl (C=O) groups is 1. The second-order valence-corrected chi connectivity index (χ2v) is 4.27. The molecule has 0 saturated heterocycles. The number of Topliss-reactive ketones (excluding diaryl/α,β-unsaturated/α-hetero) is 1. The van der Waals surface area contributed by atoms with Crippen LogP contribution in [0.3, 0.4) is 0 Å². The van der Waals surface area contributed by atoms with Crippen molar-refractivity contribution in [3.05, 3.63) is 18.2 Å². The lowest BCUT2D eigenvalue weighted by Gasteiger charge is -2.24. The number of hydrogen-bond acceptors (Lipinski definition) is 2. The highest BCUT2D eigenvalue weighted by atomic mass is 16.1. The summed E-state index contributed by atoms with van der Waals surface area (Å²) in [5.74, 6) is 1.61. The van der Waals surface area contributed by atoms with Crippen molar-refractivity contribution in [1.82, 2.24) is 9.97 Å². The smallest absolute Gasteiger partial charge is 0.201 e. The lowest BCUT2D eigenvalue weighted by atomic mass is 9.80. The van der Waals surface area contributed by atoms with Gasteiger partial charge in [0, 0.05) is 18.3 Å². The summed E-state index contributed by atoms with van der Waals surface area (Å²) in [5.41, 5.74) is 0. The molecule has 0 bridgehead atoms. The van der Waals surface area contributed by atoms with E-state index in [-0.39, 0.29) is 11.7 Å². The largest absolute Gasteiger partial charge is 0.342 e. The molecule has 0 aliphatic heterocycles. The van der Waals surface area contributed by atoms with Crippen molar-refractivity contribution in [3.63, 3.8) is 0 Å². The van der Waals surface area contributed by atoms with E-state index in [0.29, 0.717) is 11.7 Å². The third-order valence-corrected chi connectivity index (χ3v) is 3.04. The summed E-state index contributed by atoms with van der Waals surface area (Å²) < 4.78 is 0. The first-order chi connectivity index (χ1) is 6.77. The van der Waals surface area contributed by atoms with E-state index in [4.69, 9.17) is 0 Å². The molecule has 1 aliphatic carbocycles. The number of hydrogen-bond donors (Lipinski definition) is 1. The first-order valence-corrected chi connectivity index (χ1v) is 5.31. The van der Waals surface area contributed by atoms with Gasteiger partial charge in [-0.15, -0.1) is 0 Å². The second-order valence-electron chi connectivity index (χ2n) is 4.27. The summed E-state index contributed by atoms with van der Waals surface area (Å²) in [5, 5.41) is 0. The molecule has 0 amide bonds. The molecule has 1 heterocycles. The van der Waals surface area contributed by atoms with E-state index in [1.54, 1.807) is 12.4 Å². The summed E-state index contributed by atoms with van der Waals surface area (Å²) >= 11 is 0. The number of rotatable bonds is 2. The van der Waals surface area contributed by atoms with Crippen molar-refractivity contribution in [1.29, 1.82) is 0 Å². The maximum absolute atomic E-state index is 11.9. The van der Waals surface area contributed by atoms with E-state index >= 15 is 0 Å². The average Bonchev–Trinajstić information content (AvgIpc) is 2.69. The summed E-state index contributed by atoms with van der Waals surface area (Å²) in [4.78, 5) is 18.8. The fourth-order valence-electron chi connectivity index (χ4n) is 2.27. The fraction of sp³-hybridized carbons (Fsp3) is 0.636. The SMILES string of the molecule is CC1CCCC(C(=O)c2ncc[nH]2)C1. The molecule has 1 N–H and O–H groups in total. The Morgan fingerprint density at radius 3 is 3.07 bits per heavy atom. The van der Waals surface area contributed by atoms with Crippen molar-refractivity contribution in [2.24, 2.45) is 11.8 Å². The van der Waals surface area contributed by atoms with Gasteiger partial charge in [0.05, 0.1) is 0 Å². The van der Waals surface area contributed by atoms with Crippen LogP contribution < -0.4 is 0 Å². The number of aromatic nitrogens is 2. The van der Waals surface area contributed by atoms with Gasteiger partial charge < -0.3 is 4.98 Å². The van der Waals surface area contributed by atoms with Crippen LogP contribution in [0, 0.1) is 11.8 Å². The molecule has 1 aliphatic rings. The molecule has 76 valence electrons. The van der Waals surface area contributed by atoms with Gasteiger partial charge in [-0.25, -0.2) is 4.98 Å². The Labute approximate surface area is 83.9 Å². The quantitative estimate of drug-likeness (QED) is 0.731. The number of aromatic amines is 1. The molecule has 2 atom stereocenters. The monoisotopic (exact) mass is 192 g/mol. The van der Waals surface area contributed by atoms with E-state index in [9.17, 15) is 4.79 Å². The topological polar surface area (TPSA) is 45.8 Å². The standard InChI is InChI=1S/C11H16N2O/c1-8-3-2-4-9(7-8)10(14)11-12-5-6-13-11/h5-6,8-9H,2-4,7H2,1H3,(H,12,13). The van der Waals surface area contributed by atoms with E-state index in [2.05, 4.69) is 16.9 Å². The van der Waals surface area contributed by atoms with Crippen LogP contribution in [0.2, 0.25) is 0 Å². The van der Waals surface area contributed by atoms with Crippen LogP contribution in [0.1, 0.15) is 43.2 Å². The normalized spacial score (nSPS) is 27.5. The molecule has 0 spiro atoms. The van der Waals surface area contributed by atoms with Gasteiger partial charge in [-0.3, -0.25) is 4.79 Å². The molecule has 1 saturated carbocycles. The van der Waals surface area contributed by atoms with E-state index in [1.807, 2.05) is 0 Å². The minimum atomic E-state index is 0.196. The Morgan fingerprint density at radius 1 is 1.57 bits per heavy atom. The number of nitrogens with one attached hydrogen (secondary N) is 1. The van der Waals surface area contributed by atoms with Gasteiger partial charge in [-0.2, -0.15) is 0 Å². The molecular weight excluding hydrogens is 176 g/mol. The van der Waals surface area contributed by atoms with Crippen LogP contribution >= 0.6 is 0 Å². The van der Waals surface area contributed by atoms with Crippen molar-refractivity contribution in [2.45, 2.75) is 32.6 Å². The maximum atomic E-state index is 11.9. The van der Waals surface area contributed by atoms with Gasteiger partial charge in [0.1, 0.15) is 0 Å². The number of nitrogens with zero attached hydrogens (tertiary/aromatic N) is 1. The van der Waals surface area contributed by atoms with E-state index in [0.717, 1.165) is 12.8 Å².